The fraction of sp³-hybridized carbons (Fsp3) is 0.250. The van der Waals surface area contributed by atoms with Crippen LogP contribution in [0.3, 0.4) is 0 Å². The van der Waals surface area contributed by atoms with E-state index in [2.05, 4.69) is 5.10 Å². The molecule has 0 aliphatic rings. The van der Waals surface area contributed by atoms with E-state index in [0.717, 1.165) is 23.2 Å². The Kier molecular flexibility index (Phi) is 2.64. The molecule has 0 fully saturated rings. The summed E-state index contributed by atoms with van der Waals surface area (Å²) in [6.45, 7) is 2.03. The summed E-state index contributed by atoms with van der Waals surface area (Å²) in [4.78, 5) is 0. The van der Waals surface area contributed by atoms with E-state index in [0.29, 0.717) is 5.82 Å². The van der Waals surface area contributed by atoms with Gasteiger partial charge in [0, 0.05) is 18.2 Å². The minimum absolute atomic E-state index is 0.245. The zero-order chi connectivity index (χ0) is 11.7. The maximum atomic E-state index is 12.8. The fourth-order valence-electron chi connectivity index (χ4n) is 1.77. The standard InChI is InChI=1S/C12H14FN3/c1-3-10-11(15-16(2)12(10)14)8-4-6-9(13)7-5-8/h4-7H,3,14H2,1-2H3. The van der Waals surface area contributed by atoms with Gasteiger partial charge in [-0.25, -0.2) is 4.39 Å². The van der Waals surface area contributed by atoms with Crippen LogP contribution in [-0.2, 0) is 13.5 Å². The molecule has 0 saturated carbocycles. The Morgan fingerprint density at radius 3 is 2.50 bits per heavy atom. The van der Waals surface area contributed by atoms with E-state index in [1.165, 1.54) is 12.1 Å². The highest BCUT2D eigenvalue weighted by Gasteiger charge is 2.13. The number of nitrogens with zero attached hydrogens (tertiary/aromatic N) is 2. The Morgan fingerprint density at radius 1 is 1.31 bits per heavy atom. The van der Waals surface area contributed by atoms with Crippen LogP contribution in [0.15, 0.2) is 24.3 Å². The van der Waals surface area contributed by atoms with Gasteiger partial charge in [-0.3, -0.25) is 4.68 Å². The second-order valence-corrected chi connectivity index (χ2v) is 3.70. The number of rotatable bonds is 2. The molecule has 1 heterocycles. The van der Waals surface area contributed by atoms with Crippen molar-refractivity contribution in [2.75, 3.05) is 5.73 Å². The number of hydrogen-bond acceptors (Lipinski definition) is 2. The van der Waals surface area contributed by atoms with Crippen LogP contribution in [-0.4, -0.2) is 9.78 Å². The quantitative estimate of drug-likeness (QED) is 0.842. The molecule has 0 aliphatic heterocycles. The van der Waals surface area contributed by atoms with Crippen LogP contribution < -0.4 is 5.73 Å². The zero-order valence-corrected chi connectivity index (χ0v) is 9.37. The predicted octanol–water partition coefficient (Wildman–Crippen LogP) is 2.37. The highest BCUT2D eigenvalue weighted by Crippen LogP contribution is 2.27. The van der Waals surface area contributed by atoms with Gasteiger partial charge in [-0.15, -0.1) is 0 Å². The van der Waals surface area contributed by atoms with Gasteiger partial charge in [0.1, 0.15) is 11.6 Å². The predicted molar refractivity (Wildman–Crippen MR) is 62.4 cm³/mol. The molecule has 84 valence electrons. The smallest absolute Gasteiger partial charge is 0.125 e. The molecule has 2 N–H and O–H groups in total. The second kappa shape index (κ2) is 3.96. The van der Waals surface area contributed by atoms with E-state index < -0.39 is 0 Å². The lowest BCUT2D eigenvalue weighted by Gasteiger charge is -2.00. The van der Waals surface area contributed by atoms with Gasteiger partial charge in [0.25, 0.3) is 0 Å². The van der Waals surface area contributed by atoms with Crippen molar-refractivity contribution < 1.29 is 4.39 Å². The molecule has 2 aromatic rings. The Balaban J connectivity index is 2.55. The molecule has 16 heavy (non-hydrogen) atoms. The number of anilines is 1. The normalized spacial score (nSPS) is 10.7. The van der Waals surface area contributed by atoms with E-state index >= 15 is 0 Å². The first kappa shape index (κ1) is 10.7. The minimum Gasteiger partial charge on any atom is -0.384 e. The lowest BCUT2D eigenvalue weighted by atomic mass is 10.1. The molecule has 0 bridgehead atoms. The maximum Gasteiger partial charge on any atom is 0.125 e. The number of aryl methyl sites for hydroxylation is 1. The molecule has 1 aromatic heterocycles. The molecular weight excluding hydrogens is 205 g/mol. The van der Waals surface area contributed by atoms with Crippen LogP contribution in [0.25, 0.3) is 11.3 Å². The molecule has 4 heteroatoms. The average molecular weight is 219 g/mol. The van der Waals surface area contributed by atoms with E-state index in [9.17, 15) is 4.39 Å². The van der Waals surface area contributed by atoms with Crippen molar-refractivity contribution in [3.63, 3.8) is 0 Å². The van der Waals surface area contributed by atoms with E-state index in [1.807, 2.05) is 14.0 Å². The third kappa shape index (κ3) is 1.66. The molecule has 0 aliphatic carbocycles. The number of aromatic nitrogens is 2. The summed E-state index contributed by atoms with van der Waals surface area (Å²) in [5.74, 6) is 0.424. The van der Waals surface area contributed by atoms with Crippen LogP contribution in [0.5, 0.6) is 0 Å². The van der Waals surface area contributed by atoms with Crippen molar-refractivity contribution in [2.45, 2.75) is 13.3 Å². The number of benzene rings is 1. The molecule has 0 radical (unpaired) electrons. The highest BCUT2D eigenvalue weighted by atomic mass is 19.1. The Labute approximate surface area is 93.7 Å². The van der Waals surface area contributed by atoms with Crippen LogP contribution in [0, 0.1) is 5.82 Å². The molecule has 0 unspecified atom stereocenters. The Morgan fingerprint density at radius 2 is 1.94 bits per heavy atom. The first-order valence-electron chi connectivity index (χ1n) is 5.20. The summed E-state index contributed by atoms with van der Waals surface area (Å²) in [6.07, 6.45) is 0.812. The summed E-state index contributed by atoms with van der Waals surface area (Å²) in [7, 11) is 1.81. The van der Waals surface area contributed by atoms with Crippen LogP contribution in [0.4, 0.5) is 10.2 Å². The lowest BCUT2D eigenvalue weighted by molar-refractivity contribution is 0.628. The molecule has 0 atom stereocenters. The average Bonchev–Trinajstić information content (AvgIpc) is 2.56. The third-order valence-corrected chi connectivity index (χ3v) is 2.66. The topological polar surface area (TPSA) is 43.8 Å². The molecule has 3 nitrogen and oxygen atoms in total. The summed E-state index contributed by atoms with van der Waals surface area (Å²) in [6, 6.07) is 6.30. The molecule has 1 aromatic carbocycles. The molecule has 0 amide bonds. The van der Waals surface area contributed by atoms with Crippen LogP contribution in [0.1, 0.15) is 12.5 Å². The van der Waals surface area contributed by atoms with Gasteiger partial charge in [0.2, 0.25) is 0 Å². The second-order valence-electron chi connectivity index (χ2n) is 3.70. The molecule has 2 rings (SSSR count). The lowest BCUT2D eigenvalue weighted by Crippen LogP contribution is -1.98. The molecule has 0 saturated heterocycles. The monoisotopic (exact) mass is 219 g/mol. The van der Waals surface area contributed by atoms with Crippen molar-refractivity contribution in [3.8, 4) is 11.3 Å². The number of halogens is 1. The number of nitrogen functional groups attached to an aromatic ring is 1. The summed E-state index contributed by atoms with van der Waals surface area (Å²) < 4.78 is 14.5. The van der Waals surface area contributed by atoms with Gasteiger partial charge in [-0.05, 0) is 30.7 Å². The first-order chi connectivity index (χ1) is 7.63. The van der Waals surface area contributed by atoms with Crippen molar-refractivity contribution in [2.24, 2.45) is 7.05 Å². The van der Waals surface area contributed by atoms with Crippen molar-refractivity contribution in [3.05, 3.63) is 35.6 Å². The zero-order valence-electron chi connectivity index (χ0n) is 9.37. The summed E-state index contributed by atoms with van der Waals surface area (Å²) in [5, 5.41) is 4.35. The van der Waals surface area contributed by atoms with Gasteiger partial charge in [0.05, 0.1) is 5.69 Å². The Hall–Kier alpha value is -1.84. The van der Waals surface area contributed by atoms with Gasteiger partial charge < -0.3 is 5.73 Å². The summed E-state index contributed by atoms with van der Waals surface area (Å²) >= 11 is 0. The molecular formula is C12H14FN3. The van der Waals surface area contributed by atoms with Crippen molar-refractivity contribution in [1.29, 1.82) is 0 Å². The van der Waals surface area contributed by atoms with Crippen molar-refractivity contribution >= 4 is 5.82 Å². The highest BCUT2D eigenvalue weighted by molar-refractivity contribution is 5.68. The fourth-order valence-corrected chi connectivity index (χ4v) is 1.77. The van der Waals surface area contributed by atoms with Crippen LogP contribution >= 0.6 is 0 Å². The van der Waals surface area contributed by atoms with Gasteiger partial charge in [-0.2, -0.15) is 5.10 Å². The van der Waals surface area contributed by atoms with E-state index in [1.54, 1.807) is 16.8 Å². The van der Waals surface area contributed by atoms with E-state index in [4.69, 9.17) is 5.73 Å². The number of nitrogens with two attached hydrogens (primary N) is 1. The minimum atomic E-state index is -0.245. The van der Waals surface area contributed by atoms with E-state index in [-0.39, 0.29) is 5.82 Å². The third-order valence-electron chi connectivity index (χ3n) is 2.66. The SMILES string of the molecule is CCc1c(-c2ccc(F)cc2)nn(C)c1N. The largest absolute Gasteiger partial charge is 0.384 e. The number of hydrogen-bond donors (Lipinski definition) is 1. The van der Waals surface area contributed by atoms with Gasteiger partial charge in [-0.1, -0.05) is 6.92 Å². The maximum absolute atomic E-state index is 12.8. The van der Waals surface area contributed by atoms with Crippen LogP contribution in [0.2, 0.25) is 0 Å². The molecule has 0 spiro atoms. The summed E-state index contributed by atoms with van der Waals surface area (Å²) in [5.41, 5.74) is 8.65. The van der Waals surface area contributed by atoms with Gasteiger partial charge >= 0.3 is 0 Å². The van der Waals surface area contributed by atoms with Gasteiger partial charge in [0.15, 0.2) is 0 Å². The first-order valence-corrected chi connectivity index (χ1v) is 5.20. The van der Waals surface area contributed by atoms with Crippen molar-refractivity contribution in [1.82, 2.24) is 9.78 Å². The Bertz CT molecular complexity index is 500.